The predicted molar refractivity (Wildman–Crippen MR) is 161 cm³/mol. The van der Waals surface area contributed by atoms with Gasteiger partial charge in [-0.3, -0.25) is 0 Å². The fraction of sp³-hybridized carbons (Fsp3) is 0.0556. The van der Waals surface area contributed by atoms with Crippen LogP contribution in [0.1, 0.15) is 62.6 Å². The molecule has 0 amide bonds. The Morgan fingerprint density at radius 1 is 0.596 bits per heavy atom. The zero-order valence-corrected chi connectivity index (χ0v) is 23.8. The highest BCUT2D eigenvalue weighted by Crippen LogP contribution is 2.55. The van der Waals surface area contributed by atoms with Crippen molar-refractivity contribution >= 4 is 33.6 Å². The molecule has 2 aliphatic carbocycles. The Kier molecular flexibility index (Phi) is 7.49. The highest BCUT2D eigenvalue weighted by molar-refractivity contribution is 6.18. The lowest BCUT2D eigenvalue weighted by molar-refractivity contribution is -0.0862. The Morgan fingerprint density at radius 2 is 1.04 bits per heavy atom. The fourth-order valence-corrected chi connectivity index (χ4v) is 5.79. The Labute approximate surface area is 265 Å². The van der Waals surface area contributed by atoms with E-state index in [-0.39, 0.29) is 72.4 Å². The zero-order valence-electron chi connectivity index (χ0n) is 23.8. The van der Waals surface area contributed by atoms with Crippen LogP contribution >= 0.6 is 0 Å². The van der Waals surface area contributed by atoms with Gasteiger partial charge in [-0.1, -0.05) is 0 Å². The Morgan fingerprint density at radius 3 is 1.47 bits per heavy atom. The molecule has 0 aromatic heterocycles. The van der Waals surface area contributed by atoms with E-state index >= 15 is 0 Å². The smallest absolute Gasteiger partial charge is 0.237 e. The Bertz CT molecular complexity index is 2420. The first-order chi connectivity index (χ1) is 22.5. The number of allylic oxidation sites excluding steroid dienone is 7. The van der Waals surface area contributed by atoms with Crippen molar-refractivity contribution < 1.29 is 13.2 Å². The average Bonchev–Trinajstić information content (AvgIpc) is 3.54. The SMILES string of the molecule is [C-]#[N+]/C(=C1/C(C(F)(F)F)=C(C#N)c2cc3c(cc21)/C(=C(\C#N)c1cc(C#N)cc(C#N)c1)C(C)=C3C#N)c1cc(C#N)cc(C#N)c1. The number of nitrogens with zero attached hydrogens (tertiary/aromatic N) is 8. The van der Waals surface area contributed by atoms with Crippen molar-refractivity contribution in [3.05, 3.63) is 127 Å². The summed E-state index contributed by atoms with van der Waals surface area (Å²) < 4.78 is 44.5. The van der Waals surface area contributed by atoms with E-state index in [1.807, 2.05) is 36.4 Å². The van der Waals surface area contributed by atoms with Crippen molar-refractivity contribution in [2.45, 2.75) is 13.1 Å². The lowest BCUT2D eigenvalue weighted by atomic mass is 9.88. The van der Waals surface area contributed by atoms with Crippen molar-refractivity contribution in [2.24, 2.45) is 0 Å². The number of nitriles is 7. The summed E-state index contributed by atoms with van der Waals surface area (Å²) in [7, 11) is 0. The topological polar surface area (TPSA) is 171 Å². The molecule has 3 aromatic carbocycles. The molecule has 0 saturated heterocycles. The minimum Gasteiger partial charge on any atom is -0.237 e. The summed E-state index contributed by atoms with van der Waals surface area (Å²) in [5.41, 5.74) is -3.16. The average molecular weight is 613 g/mol. The van der Waals surface area contributed by atoms with E-state index in [0.717, 1.165) is 0 Å². The first-order valence-electron chi connectivity index (χ1n) is 13.2. The van der Waals surface area contributed by atoms with Gasteiger partial charge >= 0.3 is 6.18 Å². The summed E-state index contributed by atoms with van der Waals surface area (Å²) in [6.45, 7) is 9.46. The van der Waals surface area contributed by atoms with Crippen molar-refractivity contribution in [3.8, 4) is 42.5 Å². The molecule has 0 bridgehead atoms. The zero-order chi connectivity index (χ0) is 34.2. The standard InChI is InChI=1S/C36H11F3N8/c1-18-29(15-44)25-9-26-28(10-27(25)32(18)30(16-45)23-5-19(11-40)3-20(6-23)12-41)33(34(31(26)17-46)36(37,38)39)35(47-2)24-7-21(13-42)4-22(8-24)14-43/h3-10H,1H3/b32-30+,35-33+. The van der Waals surface area contributed by atoms with Crippen LogP contribution in [0.15, 0.2) is 59.7 Å². The summed E-state index contributed by atoms with van der Waals surface area (Å²) in [6, 6.07) is 23.3. The van der Waals surface area contributed by atoms with Crippen LogP contribution in [0.3, 0.4) is 0 Å². The molecule has 47 heavy (non-hydrogen) atoms. The van der Waals surface area contributed by atoms with Crippen molar-refractivity contribution in [2.75, 3.05) is 0 Å². The van der Waals surface area contributed by atoms with Gasteiger partial charge in [0.2, 0.25) is 5.70 Å². The number of halogens is 3. The lowest BCUT2D eigenvalue weighted by Gasteiger charge is -2.16. The molecule has 0 N–H and O–H groups in total. The van der Waals surface area contributed by atoms with Crippen LogP contribution in [-0.2, 0) is 0 Å². The Hall–Kier alpha value is -7.67. The largest absolute Gasteiger partial charge is 0.417 e. The molecule has 8 nitrogen and oxygen atoms in total. The molecule has 0 atom stereocenters. The number of hydrogen-bond donors (Lipinski definition) is 0. The van der Waals surface area contributed by atoms with Gasteiger partial charge in [-0.2, -0.15) is 50.0 Å². The molecular weight excluding hydrogens is 601 g/mol. The molecule has 5 rings (SSSR count). The van der Waals surface area contributed by atoms with Gasteiger partial charge in [-0.05, 0) is 83.3 Å². The highest BCUT2D eigenvalue weighted by atomic mass is 19.4. The van der Waals surface area contributed by atoms with E-state index in [0.29, 0.717) is 5.57 Å². The van der Waals surface area contributed by atoms with E-state index < -0.39 is 28.6 Å². The van der Waals surface area contributed by atoms with Crippen molar-refractivity contribution in [1.82, 2.24) is 0 Å². The van der Waals surface area contributed by atoms with Gasteiger partial charge < -0.3 is 0 Å². The second-order valence-electron chi connectivity index (χ2n) is 10.2. The molecule has 0 saturated carbocycles. The third kappa shape index (κ3) is 4.83. The third-order valence-corrected chi connectivity index (χ3v) is 7.65. The van der Waals surface area contributed by atoms with Crippen LogP contribution in [-0.4, -0.2) is 6.18 Å². The number of fused-ring (bicyclic) bond motifs is 2. The normalized spacial score (nSPS) is 15.0. The summed E-state index contributed by atoms with van der Waals surface area (Å²) in [4.78, 5) is 3.40. The van der Waals surface area contributed by atoms with E-state index in [2.05, 4.69) is 4.85 Å². The van der Waals surface area contributed by atoms with Gasteiger partial charge in [-0.15, -0.1) is 0 Å². The van der Waals surface area contributed by atoms with Crippen LogP contribution < -0.4 is 0 Å². The predicted octanol–water partition coefficient (Wildman–Crippen LogP) is 7.56. The summed E-state index contributed by atoms with van der Waals surface area (Å²) in [5.74, 6) is 0. The van der Waals surface area contributed by atoms with E-state index in [4.69, 9.17) is 6.57 Å². The maximum Gasteiger partial charge on any atom is 0.417 e. The second-order valence-corrected chi connectivity index (χ2v) is 10.2. The number of rotatable bonds is 2. The summed E-state index contributed by atoms with van der Waals surface area (Å²) in [6.07, 6.45) is -5.14. The van der Waals surface area contributed by atoms with Gasteiger partial charge in [0.05, 0.1) is 75.4 Å². The van der Waals surface area contributed by atoms with Gasteiger partial charge in [0.25, 0.3) is 0 Å². The summed E-state index contributed by atoms with van der Waals surface area (Å²) in [5, 5.41) is 68.4. The molecule has 11 heteroatoms. The van der Waals surface area contributed by atoms with Gasteiger partial charge in [-0.25, -0.2) is 4.85 Å². The van der Waals surface area contributed by atoms with Crippen LogP contribution in [0.25, 0.3) is 38.4 Å². The first-order valence-corrected chi connectivity index (χ1v) is 13.2. The molecular formula is C36H11F3N8. The Balaban J connectivity index is 1.96. The van der Waals surface area contributed by atoms with E-state index in [1.165, 1.54) is 55.5 Å². The lowest BCUT2D eigenvalue weighted by Crippen LogP contribution is -2.13. The monoisotopic (exact) mass is 612 g/mol. The van der Waals surface area contributed by atoms with Crippen molar-refractivity contribution in [3.63, 3.8) is 0 Å². The summed E-state index contributed by atoms with van der Waals surface area (Å²) >= 11 is 0. The third-order valence-electron chi connectivity index (χ3n) is 7.65. The van der Waals surface area contributed by atoms with Gasteiger partial charge in [0.15, 0.2) is 0 Å². The quantitative estimate of drug-likeness (QED) is 0.212. The molecule has 0 radical (unpaired) electrons. The molecule has 2 aliphatic rings. The minimum absolute atomic E-state index is 0.0246. The van der Waals surface area contributed by atoms with Crippen molar-refractivity contribution in [1.29, 1.82) is 36.8 Å². The van der Waals surface area contributed by atoms with Gasteiger partial charge in [0.1, 0.15) is 18.2 Å². The maximum absolute atomic E-state index is 14.8. The van der Waals surface area contributed by atoms with Crippen LogP contribution in [0.5, 0.6) is 0 Å². The second kappa shape index (κ2) is 11.4. The number of hydrogen-bond acceptors (Lipinski definition) is 7. The number of alkyl halides is 3. The van der Waals surface area contributed by atoms with E-state index in [9.17, 15) is 50.0 Å². The molecule has 0 heterocycles. The molecule has 216 valence electrons. The first kappa shape index (κ1) is 30.8. The highest BCUT2D eigenvalue weighted by Gasteiger charge is 2.46. The fourth-order valence-electron chi connectivity index (χ4n) is 5.79. The van der Waals surface area contributed by atoms with Crippen LogP contribution in [0, 0.1) is 85.9 Å². The van der Waals surface area contributed by atoms with Crippen LogP contribution in [0.4, 0.5) is 13.2 Å². The van der Waals surface area contributed by atoms with Crippen LogP contribution in [0.2, 0.25) is 0 Å². The van der Waals surface area contributed by atoms with E-state index in [1.54, 1.807) is 6.07 Å². The molecule has 0 fully saturated rings. The molecule has 0 aliphatic heterocycles. The number of benzene rings is 3. The molecule has 0 spiro atoms. The molecule has 0 unspecified atom stereocenters. The maximum atomic E-state index is 14.8. The van der Waals surface area contributed by atoms with Gasteiger partial charge in [0, 0.05) is 22.3 Å². The molecule has 3 aromatic rings. The minimum atomic E-state index is -5.14.